The fourth-order valence-corrected chi connectivity index (χ4v) is 2.22. The van der Waals surface area contributed by atoms with Gasteiger partial charge in [-0.2, -0.15) is 0 Å². The normalized spacial score (nSPS) is 10.2. The predicted octanol–water partition coefficient (Wildman–Crippen LogP) is 4.32. The van der Waals surface area contributed by atoms with Crippen LogP contribution in [0.4, 0.5) is 0 Å². The Bertz CT molecular complexity index is 523. The number of Topliss-reactive ketones (excluding diaryl/α,β-unsaturated/α-hetero) is 1. The van der Waals surface area contributed by atoms with Crippen LogP contribution in [0, 0.1) is 0 Å². The molecular weight excluding hydrogens is 279 g/mol. The lowest BCUT2D eigenvalue weighted by molar-refractivity contribution is 0.0925. The van der Waals surface area contributed by atoms with Gasteiger partial charge in [0.15, 0.2) is 6.61 Å². The van der Waals surface area contributed by atoms with Crippen LogP contribution >= 0.6 is 34.5 Å². The van der Waals surface area contributed by atoms with Crippen molar-refractivity contribution in [2.75, 3.05) is 6.61 Å². The van der Waals surface area contributed by atoms with E-state index in [1.54, 1.807) is 24.3 Å². The van der Waals surface area contributed by atoms with Gasteiger partial charge in [0, 0.05) is 11.1 Å². The fraction of sp³-hybridized carbons (Fsp3) is 0.0833. The summed E-state index contributed by atoms with van der Waals surface area (Å²) in [4.78, 5) is 12.4. The number of carbonyl (C=O) groups is 1. The van der Waals surface area contributed by atoms with Crippen LogP contribution in [0.25, 0.3) is 0 Å². The van der Waals surface area contributed by atoms with Gasteiger partial charge in [-0.15, -0.1) is 11.3 Å². The van der Waals surface area contributed by atoms with Gasteiger partial charge in [0.2, 0.25) is 5.78 Å². The summed E-state index contributed by atoms with van der Waals surface area (Å²) in [7, 11) is 0. The quantitative estimate of drug-likeness (QED) is 0.783. The molecule has 0 amide bonds. The van der Waals surface area contributed by atoms with Gasteiger partial charge in [-0.3, -0.25) is 4.79 Å². The van der Waals surface area contributed by atoms with Crippen LogP contribution in [0.3, 0.4) is 0 Å². The van der Waals surface area contributed by atoms with Gasteiger partial charge in [0.25, 0.3) is 0 Å². The van der Waals surface area contributed by atoms with E-state index in [9.17, 15) is 4.79 Å². The molecule has 1 aromatic carbocycles. The van der Waals surface area contributed by atoms with E-state index in [2.05, 4.69) is 0 Å². The number of thiophene rings is 1. The monoisotopic (exact) mass is 286 g/mol. The van der Waals surface area contributed by atoms with Crippen LogP contribution in [-0.4, -0.2) is 12.4 Å². The van der Waals surface area contributed by atoms with E-state index in [4.69, 9.17) is 27.9 Å². The van der Waals surface area contributed by atoms with Gasteiger partial charge in [0.05, 0.1) is 9.90 Å². The third-order valence-corrected chi connectivity index (χ3v) is 3.51. The molecule has 0 N–H and O–H groups in total. The second-order valence-electron chi connectivity index (χ2n) is 3.26. The number of ether oxygens (including phenoxy) is 1. The molecule has 17 heavy (non-hydrogen) atoms. The van der Waals surface area contributed by atoms with Crippen LogP contribution in [0.2, 0.25) is 10.0 Å². The van der Waals surface area contributed by atoms with Crippen LogP contribution in [0.1, 0.15) is 9.67 Å². The minimum atomic E-state index is -0.0731. The first kappa shape index (κ1) is 12.4. The Morgan fingerprint density at radius 3 is 2.82 bits per heavy atom. The molecule has 2 aromatic rings. The second kappa shape index (κ2) is 5.54. The lowest BCUT2D eigenvalue weighted by Crippen LogP contribution is -2.10. The maximum absolute atomic E-state index is 11.7. The number of rotatable bonds is 4. The molecule has 0 saturated carbocycles. The Hall–Kier alpha value is -1.03. The molecule has 1 heterocycles. The van der Waals surface area contributed by atoms with E-state index in [0.29, 0.717) is 20.7 Å². The van der Waals surface area contributed by atoms with Crippen LogP contribution in [0.15, 0.2) is 35.7 Å². The molecule has 0 aliphatic carbocycles. The molecule has 0 unspecified atom stereocenters. The van der Waals surface area contributed by atoms with Crippen molar-refractivity contribution in [1.82, 2.24) is 0 Å². The highest BCUT2D eigenvalue weighted by atomic mass is 35.5. The van der Waals surface area contributed by atoms with Gasteiger partial charge >= 0.3 is 0 Å². The summed E-state index contributed by atoms with van der Waals surface area (Å²) in [6.45, 7) is -0.0411. The maximum atomic E-state index is 11.7. The summed E-state index contributed by atoms with van der Waals surface area (Å²) in [6, 6.07) is 8.47. The zero-order chi connectivity index (χ0) is 12.3. The van der Waals surface area contributed by atoms with Crippen molar-refractivity contribution in [3.8, 4) is 5.75 Å². The van der Waals surface area contributed by atoms with Gasteiger partial charge in [-0.1, -0.05) is 29.3 Å². The molecule has 0 radical (unpaired) electrons. The number of hydrogen-bond acceptors (Lipinski definition) is 3. The van der Waals surface area contributed by atoms with Gasteiger partial charge in [-0.25, -0.2) is 0 Å². The Balaban J connectivity index is 2.03. The topological polar surface area (TPSA) is 26.3 Å². The predicted molar refractivity (Wildman–Crippen MR) is 70.6 cm³/mol. The van der Waals surface area contributed by atoms with E-state index in [-0.39, 0.29) is 12.4 Å². The van der Waals surface area contributed by atoms with Crippen molar-refractivity contribution in [3.05, 3.63) is 50.6 Å². The van der Waals surface area contributed by atoms with E-state index in [1.807, 2.05) is 11.4 Å². The van der Waals surface area contributed by atoms with Crippen molar-refractivity contribution < 1.29 is 9.53 Å². The first-order chi connectivity index (χ1) is 8.16. The number of carbonyl (C=O) groups excluding carboxylic acids is 1. The summed E-state index contributed by atoms with van der Waals surface area (Å²) < 4.78 is 5.34. The summed E-state index contributed by atoms with van der Waals surface area (Å²) in [5.74, 6) is 0.347. The fourth-order valence-electron chi connectivity index (χ4n) is 1.24. The smallest absolute Gasteiger partial charge is 0.210 e. The van der Waals surface area contributed by atoms with E-state index < -0.39 is 0 Å². The molecule has 0 aliphatic rings. The number of halogens is 2. The zero-order valence-corrected chi connectivity index (χ0v) is 11.0. The molecule has 0 spiro atoms. The molecule has 0 aliphatic heterocycles. The Kier molecular flexibility index (Phi) is 4.05. The highest BCUT2D eigenvalue weighted by Crippen LogP contribution is 2.27. The van der Waals surface area contributed by atoms with Crippen molar-refractivity contribution in [2.45, 2.75) is 0 Å². The molecule has 2 nitrogen and oxygen atoms in total. The van der Waals surface area contributed by atoms with Gasteiger partial charge in [-0.05, 0) is 23.6 Å². The number of ketones is 1. The highest BCUT2D eigenvalue weighted by Gasteiger charge is 2.09. The number of hydrogen-bond donors (Lipinski definition) is 0. The Morgan fingerprint density at radius 1 is 1.29 bits per heavy atom. The molecule has 0 atom stereocenters. The van der Waals surface area contributed by atoms with Gasteiger partial charge < -0.3 is 4.74 Å². The van der Waals surface area contributed by atoms with Crippen LogP contribution in [-0.2, 0) is 0 Å². The molecule has 0 saturated heterocycles. The highest BCUT2D eigenvalue weighted by molar-refractivity contribution is 7.12. The van der Waals surface area contributed by atoms with Crippen molar-refractivity contribution in [1.29, 1.82) is 0 Å². The van der Waals surface area contributed by atoms with Crippen LogP contribution in [0.5, 0.6) is 5.75 Å². The molecule has 5 heteroatoms. The average Bonchev–Trinajstić information content (AvgIpc) is 2.83. The molecule has 2 rings (SSSR count). The van der Waals surface area contributed by atoms with Crippen LogP contribution < -0.4 is 4.74 Å². The first-order valence-electron chi connectivity index (χ1n) is 4.81. The van der Waals surface area contributed by atoms with Gasteiger partial charge in [0.1, 0.15) is 5.75 Å². The molecular formula is C12H8Cl2O2S. The number of benzene rings is 1. The summed E-state index contributed by atoms with van der Waals surface area (Å²) >= 11 is 13.1. The second-order valence-corrected chi connectivity index (χ2v) is 5.06. The zero-order valence-electron chi connectivity index (χ0n) is 8.65. The van der Waals surface area contributed by atoms with E-state index in [0.717, 1.165) is 0 Å². The maximum Gasteiger partial charge on any atom is 0.210 e. The molecule has 0 fully saturated rings. The SMILES string of the molecule is O=C(COc1cc(Cl)ccc1Cl)c1cccs1. The summed E-state index contributed by atoms with van der Waals surface area (Å²) in [6.07, 6.45) is 0. The van der Waals surface area contributed by atoms with E-state index in [1.165, 1.54) is 11.3 Å². The minimum Gasteiger partial charge on any atom is -0.484 e. The van der Waals surface area contributed by atoms with E-state index >= 15 is 0 Å². The lowest BCUT2D eigenvalue weighted by Gasteiger charge is -2.06. The average molecular weight is 287 g/mol. The van der Waals surface area contributed by atoms with Crippen molar-refractivity contribution in [3.63, 3.8) is 0 Å². The Morgan fingerprint density at radius 2 is 2.12 bits per heavy atom. The van der Waals surface area contributed by atoms with Crippen molar-refractivity contribution in [2.24, 2.45) is 0 Å². The van der Waals surface area contributed by atoms with Crippen molar-refractivity contribution >= 4 is 40.3 Å². The lowest BCUT2D eigenvalue weighted by atomic mass is 10.3. The molecule has 0 bridgehead atoms. The first-order valence-corrected chi connectivity index (χ1v) is 6.45. The summed E-state index contributed by atoms with van der Waals surface area (Å²) in [5, 5.41) is 2.81. The third kappa shape index (κ3) is 3.22. The minimum absolute atomic E-state index is 0.0411. The summed E-state index contributed by atoms with van der Waals surface area (Å²) in [5.41, 5.74) is 0. The Labute approximate surface area is 113 Å². The third-order valence-electron chi connectivity index (χ3n) is 2.05. The molecule has 88 valence electrons. The standard InChI is InChI=1S/C12H8Cl2O2S/c13-8-3-4-9(14)11(6-8)16-7-10(15)12-2-1-5-17-12/h1-6H,7H2. The molecule has 1 aromatic heterocycles. The largest absolute Gasteiger partial charge is 0.484 e.